The zero-order chi connectivity index (χ0) is 33.9. The molecule has 0 radical (unpaired) electrons. The second kappa shape index (κ2) is 11.6. The van der Waals surface area contributed by atoms with Crippen LogP contribution in [0.5, 0.6) is 0 Å². The number of aromatic nitrogens is 3. The topological polar surface area (TPSA) is 75.6 Å². The third-order valence-electron chi connectivity index (χ3n) is 11.0. The Morgan fingerprint density at radius 1 is 0.510 bits per heavy atom. The number of para-hydroxylation sites is 1. The third-order valence-corrected chi connectivity index (χ3v) is 11.0. The lowest BCUT2D eigenvalue weighted by atomic mass is 9.67. The molecule has 0 unspecified atom stereocenters. The van der Waals surface area contributed by atoms with Gasteiger partial charge in [0.2, 0.25) is 0 Å². The first kappa shape index (κ1) is 29.5. The van der Waals surface area contributed by atoms with Crippen LogP contribution in [0.25, 0.3) is 78.4 Å². The number of nitrogens with zero attached hydrogens (tertiary/aromatic N) is 4. The summed E-state index contributed by atoms with van der Waals surface area (Å²) in [6.45, 7) is 0. The summed E-state index contributed by atoms with van der Waals surface area (Å²) in [6.07, 6.45) is 6.01. The Hall–Kier alpha value is -6.38. The Morgan fingerprint density at radius 2 is 1.20 bits per heavy atom. The van der Waals surface area contributed by atoms with Crippen molar-refractivity contribution in [3.63, 3.8) is 0 Å². The van der Waals surface area contributed by atoms with Crippen molar-refractivity contribution < 1.29 is 4.42 Å². The summed E-state index contributed by atoms with van der Waals surface area (Å²) in [5.41, 5.74) is 12.6. The van der Waals surface area contributed by atoms with Gasteiger partial charge in [-0.15, -0.1) is 0 Å². The number of benzene rings is 6. The molecule has 2 aromatic heterocycles. The molecule has 5 heteroatoms. The Kier molecular flexibility index (Phi) is 6.72. The zero-order valence-electron chi connectivity index (χ0n) is 27.9. The number of fused-ring (bicyclic) bond motifs is 8. The van der Waals surface area contributed by atoms with Gasteiger partial charge in [-0.2, -0.15) is 5.26 Å². The molecule has 0 N–H and O–H groups in total. The molecule has 10 rings (SSSR count). The van der Waals surface area contributed by atoms with Crippen molar-refractivity contribution in [3.8, 4) is 62.5 Å². The first-order valence-corrected chi connectivity index (χ1v) is 17.7. The van der Waals surface area contributed by atoms with Crippen LogP contribution in [0.2, 0.25) is 0 Å². The van der Waals surface area contributed by atoms with Gasteiger partial charge in [0.05, 0.1) is 17.2 Å². The van der Waals surface area contributed by atoms with Gasteiger partial charge in [-0.25, -0.2) is 15.0 Å². The number of nitriles is 1. The smallest absolute Gasteiger partial charge is 0.167 e. The van der Waals surface area contributed by atoms with Gasteiger partial charge in [0, 0.05) is 27.3 Å². The quantitative estimate of drug-likeness (QED) is 0.188. The maximum absolute atomic E-state index is 9.69. The van der Waals surface area contributed by atoms with Crippen molar-refractivity contribution in [1.29, 1.82) is 5.26 Å². The van der Waals surface area contributed by atoms with E-state index in [0.29, 0.717) is 17.5 Å². The Labute approximate surface area is 295 Å². The van der Waals surface area contributed by atoms with Gasteiger partial charge in [-0.1, -0.05) is 116 Å². The van der Waals surface area contributed by atoms with Crippen molar-refractivity contribution in [2.75, 3.05) is 0 Å². The van der Waals surface area contributed by atoms with Gasteiger partial charge in [-0.05, 0) is 82.6 Å². The van der Waals surface area contributed by atoms with Gasteiger partial charge in [0.1, 0.15) is 11.2 Å². The van der Waals surface area contributed by atoms with Crippen LogP contribution in [0.4, 0.5) is 0 Å². The van der Waals surface area contributed by atoms with E-state index in [2.05, 4.69) is 66.7 Å². The molecule has 2 aliphatic rings. The van der Waals surface area contributed by atoms with E-state index in [4.69, 9.17) is 19.4 Å². The average Bonchev–Trinajstić information content (AvgIpc) is 3.70. The highest BCUT2D eigenvalue weighted by atomic mass is 16.3. The molecule has 8 aromatic rings. The summed E-state index contributed by atoms with van der Waals surface area (Å²) in [5, 5.41) is 11.8. The van der Waals surface area contributed by atoms with Crippen molar-refractivity contribution >= 4 is 21.9 Å². The van der Waals surface area contributed by atoms with E-state index in [9.17, 15) is 5.26 Å². The number of rotatable bonds is 4. The minimum absolute atomic E-state index is 0.00992. The summed E-state index contributed by atoms with van der Waals surface area (Å²) in [4.78, 5) is 14.9. The van der Waals surface area contributed by atoms with E-state index in [1.165, 1.54) is 47.1 Å². The fourth-order valence-corrected chi connectivity index (χ4v) is 8.53. The highest BCUT2D eigenvalue weighted by molar-refractivity contribution is 6.10. The molecule has 5 nitrogen and oxygen atoms in total. The van der Waals surface area contributed by atoms with Crippen LogP contribution in [-0.4, -0.2) is 15.0 Å². The molecule has 51 heavy (non-hydrogen) atoms. The lowest BCUT2D eigenvalue weighted by Gasteiger charge is -2.36. The maximum atomic E-state index is 9.69. The Bertz CT molecular complexity index is 2620. The van der Waals surface area contributed by atoms with Crippen LogP contribution < -0.4 is 0 Å². The lowest BCUT2D eigenvalue weighted by molar-refractivity contribution is 0.353. The first-order valence-electron chi connectivity index (χ1n) is 17.7. The molecule has 1 saturated carbocycles. The van der Waals surface area contributed by atoms with Crippen molar-refractivity contribution in [3.05, 3.63) is 150 Å². The monoisotopic (exact) mass is 656 g/mol. The molecule has 0 aliphatic heterocycles. The van der Waals surface area contributed by atoms with Crippen LogP contribution >= 0.6 is 0 Å². The zero-order valence-corrected chi connectivity index (χ0v) is 27.9. The normalized spacial score (nSPS) is 14.4. The highest BCUT2D eigenvalue weighted by Crippen LogP contribution is 2.56. The Balaban J connectivity index is 1.10. The van der Waals surface area contributed by atoms with Crippen LogP contribution in [0, 0.1) is 11.3 Å². The number of furan rings is 1. The van der Waals surface area contributed by atoms with Gasteiger partial charge in [0.25, 0.3) is 0 Å². The van der Waals surface area contributed by atoms with Crippen LogP contribution in [-0.2, 0) is 5.41 Å². The summed E-state index contributed by atoms with van der Waals surface area (Å²) < 4.78 is 6.62. The molecule has 2 aliphatic carbocycles. The van der Waals surface area contributed by atoms with Gasteiger partial charge in [0.15, 0.2) is 17.5 Å². The van der Waals surface area contributed by atoms with Crippen LogP contribution in [0.15, 0.2) is 138 Å². The molecule has 1 spiro atoms. The van der Waals surface area contributed by atoms with Crippen molar-refractivity contribution in [2.24, 2.45) is 0 Å². The molecule has 0 atom stereocenters. The maximum Gasteiger partial charge on any atom is 0.167 e. The first-order chi connectivity index (χ1) is 25.2. The lowest BCUT2D eigenvalue weighted by Crippen LogP contribution is -2.28. The Morgan fingerprint density at radius 3 is 1.92 bits per heavy atom. The van der Waals surface area contributed by atoms with Crippen LogP contribution in [0.1, 0.15) is 48.8 Å². The predicted octanol–water partition coefficient (Wildman–Crippen LogP) is 11.5. The second-order valence-electron chi connectivity index (χ2n) is 13.8. The highest BCUT2D eigenvalue weighted by Gasteiger charge is 2.43. The van der Waals surface area contributed by atoms with E-state index >= 15 is 0 Å². The van der Waals surface area contributed by atoms with E-state index < -0.39 is 0 Å². The second-order valence-corrected chi connectivity index (χ2v) is 13.8. The third kappa shape index (κ3) is 4.71. The summed E-state index contributed by atoms with van der Waals surface area (Å²) in [6, 6.07) is 48.4. The number of hydrogen-bond acceptors (Lipinski definition) is 5. The largest absolute Gasteiger partial charge is 0.455 e. The SMILES string of the molecule is N#Cc1ccc2c(c1)-c1ccc(-c3ccc4oc5c(-c6nc(-c7ccccc7)nc(-c7ccccc7)n6)cccc5c4c3)cc1C21CCCCC1. The van der Waals surface area contributed by atoms with Crippen molar-refractivity contribution in [1.82, 2.24) is 15.0 Å². The molecule has 242 valence electrons. The van der Waals surface area contributed by atoms with E-state index in [1.807, 2.05) is 72.8 Å². The molecule has 0 amide bonds. The molecule has 6 aromatic carbocycles. The van der Waals surface area contributed by atoms with Gasteiger partial charge in [-0.3, -0.25) is 0 Å². The fraction of sp³-hybridized carbons (Fsp3) is 0.130. The molecular formula is C46H32N4O. The molecule has 1 fully saturated rings. The predicted molar refractivity (Wildman–Crippen MR) is 203 cm³/mol. The van der Waals surface area contributed by atoms with E-state index in [0.717, 1.165) is 62.6 Å². The molecular weight excluding hydrogens is 625 g/mol. The standard InChI is InChI=1S/C46H32N4O/c47-28-29-17-21-39-37(25-29)34-20-18-33(27-40(34)46(39)23-8-3-9-24-46)32-19-22-41-38(26-32)35-15-10-16-36(42(35)51-41)45-49-43(30-11-4-1-5-12-30)48-44(50-45)31-13-6-2-7-14-31/h1-2,4-7,10-22,25-27H,3,8-9,23-24H2. The number of hydrogen-bond donors (Lipinski definition) is 0. The summed E-state index contributed by atoms with van der Waals surface area (Å²) in [5.74, 6) is 1.81. The molecule has 0 bridgehead atoms. The minimum atomic E-state index is 0.00992. The molecule has 0 saturated heterocycles. The van der Waals surface area contributed by atoms with Gasteiger partial charge >= 0.3 is 0 Å². The van der Waals surface area contributed by atoms with Crippen molar-refractivity contribution in [2.45, 2.75) is 37.5 Å². The minimum Gasteiger partial charge on any atom is -0.455 e. The average molecular weight is 657 g/mol. The van der Waals surface area contributed by atoms with Gasteiger partial charge < -0.3 is 4.42 Å². The summed E-state index contributed by atoms with van der Waals surface area (Å²) in [7, 11) is 0. The van der Waals surface area contributed by atoms with Crippen LogP contribution in [0.3, 0.4) is 0 Å². The van der Waals surface area contributed by atoms with E-state index in [-0.39, 0.29) is 5.41 Å². The van der Waals surface area contributed by atoms with E-state index in [1.54, 1.807) is 0 Å². The summed E-state index contributed by atoms with van der Waals surface area (Å²) >= 11 is 0. The molecule has 2 heterocycles. The fourth-order valence-electron chi connectivity index (χ4n) is 8.53.